The monoisotopic (exact) mass is 291 g/mol. The Kier molecular flexibility index (Phi) is 3.38. The summed E-state index contributed by atoms with van der Waals surface area (Å²) >= 11 is 5.44. The summed E-state index contributed by atoms with van der Waals surface area (Å²) in [6.45, 7) is 0. The number of aromatic nitrogens is 4. The van der Waals surface area contributed by atoms with Crippen molar-refractivity contribution in [1.29, 1.82) is 0 Å². The Labute approximate surface area is 109 Å². The van der Waals surface area contributed by atoms with E-state index >= 15 is 0 Å². The molecule has 0 aliphatic heterocycles. The minimum Gasteiger partial charge on any atom is -0.319 e. The van der Waals surface area contributed by atoms with Gasteiger partial charge in [-0.15, -0.1) is 10.2 Å². The van der Waals surface area contributed by atoms with Gasteiger partial charge in [-0.3, -0.25) is 4.79 Å². The predicted octanol–water partition coefficient (Wildman–Crippen LogP) is 2.12. The van der Waals surface area contributed by atoms with Crippen molar-refractivity contribution in [2.75, 3.05) is 5.32 Å². The van der Waals surface area contributed by atoms with Crippen LogP contribution in [0.25, 0.3) is 0 Å². The van der Waals surface area contributed by atoms with Gasteiger partial charge >= 0.3 is 6.18 Å². The van der Waals surface area contributed by atoms with Gasteiger partial charge in [0.15, 0.2) is 0 Å². The van der Waals surface area contributed by atoms with Crippen LogP contribution in [0.1, 0.15) is 16.2 Å². The van der Waals surface area contributed by atoms with Gasteiger partial charge in [-0.2, -0.15) is 18.4 Å². The zero-order chi connectivity index (χ0) is 14.0. The zero-order valence-corrected chi connectivity index (χ0v) is 9.75. The fraction of sp³-hybridized carbons (Fsp3) is 0.111. The number of aromatic amines is 1. The Bertz CT molecular complexity index is 598. The molecule has 2 rings (SSSR count). The number of tetrazole rings is 1. The van der Waals surface area contributed by atoms with Gasteiger partial charge in [0.25, 0.3) is 11.7 Å². The number of alkyl halides is 3. The number of hydrogen-bond donors (Lipinski definition) is 2. The van der Waals surface area contributed by atoms with Crippen molar-refractivity contribution in [1.82, 2.24) is 20.6 Å². The molecule has 100 valence electrons. The summed E-state index contributed by atoms with van der Waals surface area (Å²) in [6.07, 6.45) is -4.61. The molecule has 1 amide bonds. The van der Waals surface area contributed by atoms with Gasteiger partial charge in [-0.1, -0.05) is 11.6 Å². The molecule has 2 N–H and O–H groups in total. The van der Waals surface area contributed by atoms with E-state index < -0.39 is 22.7 Å². The van der Waals surface area contributed by atoms with Gasteiger partial charge in [-0.25, -0.2) is 0 Å². The second-order valence-corrected chi connectivity index (χ2v) is 3.79. The van der Waals surface area contributed by atoms with Crippen molar-refractivity contribution in [3.05, 3.63) is 34.6 Å². The number of anilines is 1. The molecule has 2 aromatic rings. The number of carbonyl (C=O) groups is 1. The van der Waals surface area contributed by atoms with Crippen LogP contribution in [0.4, 0.5) is 18.9 Å². The van der Waals surface area contributed by atoms with E-state index in [1.165, 1.54) is 6.07 Å². The highest BCUT2D eigenvalue weighted by Gasteiger charge is 2.33. The first-order valence-electron chi connectivity index (χ1n) is 4.79. The maximum Gasteiger partial charge on any atom is 0.417 e. The third kappa shape index (κ3) is 2.99. The molecule has 1 heterocycles. The van der Waals surface area contributed by atoms with Crippen LogP contribution >= 0.6 is 11.6 Å². The lowest BCUT2D eigenvalue weighted by atomic mass is 10.2. The summed E-state index contributed by atoms with van der Waals surface area (Å²) in [5.74, 6) is -1.08. The molecule has 0 spiro atoms. The maximum atomic E-state index is 12.6. The quantitative estimate of drug-likeness (QED) is 0.888. The minimum atomic E-state index is -4.61. The smallest absolute Gasteiger partial charge is 0.319 e. The van der Waals surface area contributed by atoms with Crippen LogP contribution in [0.2, 0.25) is 5.02 Å². The average Bonchev–Trinajstić information content (AvgIpc) is 2.83. The molecule has 0 radical (unpaired) electrons. The molecule has 0 saturated carbocycles. The Balaban J connectivity index is 2.25. The van der Waals surface area contributed by atoms with Gasteiger partial charge in [0, 0.05) is 5.69 Å². The second-order valence-electron chi connectivity index (χ2n) is 3.38. The van der Waals surface area contributed by atoms with Crippen LogP contribution in [0.15, 0.2) is 18.2 Å². The summed E-state index contributed by atoms with van der Waals surface area (Å²) in [5, 5.41) is 13.7. The number of hydrogen-bond acceptors (Lipinski definition) is 4. The van der Waals surface area contributed by atoms with Crippen molar-refractivity contribution in [2.24, 2.45) is 0 Å². The van der Waals surface area contributed by atoms with E-state index in [2.05, 4.69) is 25.9 Å². The van der Waals surface area contributed by atoms with Gasteiger partial charge in [-0.05, 0) is 23.4 Å². The highest BCUT2D eigenvalue weighted by molar-refractivity contribution is 6.31. The lowest BCUT2D eigenvalue weighted by molar-refractivity contribution is -0.137. The molecule has 0 saturated heterocycles. The number of carbonyl (C=O) groups excluding carboxylic acids is 1. The molecule has 0 atom stereocenters. The van der Waals surface area contributed by atoms with E-state index in [4.69, 9.17) is 11.6 Å². The number of H-pyrrole nitrogens is 1. The molecule has 10 heteroatoms. The van der Waals surface area contributed by atoms with E-state index in [0.29, 0.717) is 0 Å². The second kappa shape index (κ2) is 4.84. The van der Waals surface area contributed by atoms with Crippen molar-refractivity contribution >= 4 is 23.2 Å². The topological polar surface area (TPSA) is 83.6 Å². The van der Waals surface area contributed by atoms with Crippen LogP contribution < -0.4 is 5.32 Å². The fourth-order valence-corrected chi connectivity index (χ4v) is 1.49. The van der Waals surface area contributed by atoms with Gasteiger partial charge in [0.2, 0.25) is 0 Å². The molecular weight excluding hydrogens is 287 g/mol. The van der Waals surface area contributed by atoms with Crippen molar-refractivity contribution in [2.45, 2.75) is 6.18 Å². The summed E-state index contributed by atoms with van der Waals surface area (Å²) in [5.41, 5.74) is -1.12. The maximum absolute atomic E-state index is 12.6. The van der Waals surface area contributed by atoms with Gasteiger partial charge < -0.3 is 5.32 Å². The first-order valence-corrected chi connectivity index (χ1v) is 5.17. The average molecular weight is 292 g/mol. The number of nitrogens with zero attached hydrogens (tertiary/aromatic N) is 3. The van der Waals surface area contributed by atoms with Crippen molar-refractivity contribution < 1.29 is 18.0 Å². The lowest BCUT2D eigenvalue weighted by Gasteiger charge is -2.11. The largest absolute Gasteiger partial charge is 0.417 e. The third-order valence-electron chi connectivity index (χ3n) is 2.08. The number of halogens is 4. The van der Waals surface area contributed by atoms with Crippen LogP contribution in [-0.2, 0) is 6.18 Å². The normalized spacial score (nSPS) is 11.4. The van der Waals surface area contributed by atoms with Gasteiger partial charge in [0.1, 0.15) is 0 Å². The Morgan fingerprint density at radius 2 is 2.11 bits per heavy atom. The van der Waals surface area contributed by atoms with E-state index in [-0.39, 0.29) is 11.5 Å². The predicted molar refractivity (Wildman–Crippen MR) is 58.6 cm³/mol. The molecule has 0 aliphatic carbocycles. The van der Waals surface area contributed by atoms with Crippen molar-refractivity contribution in [3.8, 4) is 0 Å². The first-order chi connectivity index (χ1) is 8.88. The number of nitrogens with one attached hydrogen (secondary N) is 2. The molecule has 0 unspecified atom stereocenters. The summed E-state index contributed by atoms with van der Waals surface area (Å²) in [7, 11) is 0. The number of amides is 1. The van der Waals surface area contributed by atoms with Crippen molar-refractivity contribution in [3.63, 3.8) is 0 Å². The third-order valence-corrected chi connectivity index (χ3v) is 2.41. The van der Waals surface area contributed by atoms with E-state index in [1.54, 1.807) is 0 Å². The van der Waals surface area contributed by atoms with Crippen LogP contribution in [0, 0.1) is 0 Å². The fourth-order valence-electron chi connectivity index (χ4n) is 1.27. The molecule has 0 bridgehead atoms. The van der Waals surface area contributed by atoms with E-state index in [0.717, 1.165) is 12.1 Å². The van der Waals surface area contributed by atoms with E-state index in [9.17, 15) is 18.0 Å². The number of benzene rings is 1. The Morgan fingerprint density at radius 3 is 2.68 bits per heavy atom. The van der Waals surface area contributed by atoms with Crippen LogP contribution in [0.3, 0.4) is 0 Å². The standard InChI is InChI=1S/C9H5ClF3N5O/c10-6-2-1-4(3-5(6)9(11,12)13)14-8(19)7-15-17-18-16-7/h1-3H,(H,14,19)(H,15,16,17,18). The Morgan fingerprint density at radius 1 is 1.37 bits per heavy atom. The minimum absolute atomic E-state index is 0.0773. The summed E-state index contributed by atoms with van der Waals surface area (Å²) in [6, 6.07) is 2.99. The summed E-state index contributed by atoms with van der Waals surface area (Å²) < 4.78 is 37.8. The highest BCUT2D eigenvalue weighted by atomic mass is 35.5. The Hall–Kier alpha value is -2.16. The molecular formula is C9H5ClF3N5O. The molecule has 0 aliphatic rings. The molecule has 6 nitrogen and oxygen atoms in total. The van der Waals surface area contributed by atoms with Crippen LogP contribution in [-0.4, -0.2) is 26.5 Å². The van der Waals surface area contributed by atoms with Crippen LogP contribution in [0.5, 0.6) is 0 Å². The molecule has 19 heavy (non-hydrogen) atoms. The zero-order valence-electron chi connectivity index (χ0n) is 8.99. The molecule has 1 aromatic carbocycles. The SMILES string of the molecule is O=C(Nc1ccc(Cl)c(C(F)(F)F)c1)c1nn[nH]n1. The summed E-state index contributed by atoms with van der Waals surface area (Å²) in [4.78, 5) is 11.5. The molecule has 0 fully saturated rings. The van der Waals surface area contributed by atoms with E-state index in [1.807, 2.05) is 0 Å². The molecule has 1 aromatic heterocycles. The number of rotatable bonds is 2. The first kappa shape index (κ1) is 13.3. The lowest BCUT2D eigenvalue weighted by Crippen LogP contribution is -2.15. The highest BCUT2D eigenvalue weighted by Crippen LogP contribution is 2.36. The van der Waals surface area contributed by atoms with Gasteiger partial charge in [0.05, 0.1) is 10.6 Å².